The summed E-state index contributed by atoms with van der Waals surface area (Å²) in [7, 11) is 0. The van der Waals surface area contributed by atoms with Gasteiger partial charge in [-0.05, 0) is 58.3 Å². The Labute approximate surface area is 127 Å². The summed E-state index contributed by atoms with van der Waals surface area (Å²) in [6, 6.07) is 8.37. The van der Waals surface area contributed by atoms with Gasteiger partial charge in [0, 0.05) is 17.0 Å². The first kappa shape index (κ1) is 15.6. The number of hydrogen-bond donors (Lipinski definition) is 1. The van der Waals surface area contributed by atoms with Crippen molar-refractivity contribution in [3.05, 3.63) is 46.8 Å². The largest absolute Gasteiger partial charge is 0.317 e. The van der Waals surface area contributed by atoms with Gasteiger partial charge in [0.05, 0.1) is 0 Å². The lowest BCUT2D eigenvalue weighted by Gasteiger charge is -2.11. The molecule has 3 heteroatoms. The quantitative estimate of drug-likeness (QED) is 0.823. The van der Waals surface area contributed by atoms with E-state index in [-0.39, 0.29) is 0 Å². The topological polar surface area (TPSA) is 37.8 Å². The van der Waals surface area contributed by atoms with Crippen LogP contribution in [0.5, 0.6) is 0 Å². The lowest BCUT2D eigenvalue weighted by molar-refractivity contribution is 0.667. The normalized spacial score (nSPS) is 10.9. The van der Waals surface area contributed by atoms with Crippen molar-refractivity contribution in [1.29, 1.82) is 0 Å². The molecule has 0 aliphatic heterocycles. The van der Waals surface area contributed by atoms with Crippen LogP contribution in [0.4, 0.5) is 0 Å². The molecule has 0 amide bonds. The molecule has 112 valence electrons. The molecule has 1 heterocycles. The van der Waals surface area contributed by atoms with Gasteiger partial charge in [-0.25, -0.2) is 9.97 Å². The Morgan fingerprint density at radius 3 is 2.38 bits per heavy atom. The molecule has 0 saturated heterocycles. The summed E-state index contributed by atoms with van der Waals surface area (Å²) in [4.78, 5) is 9.43. The molecule has 1 aromatic heterocycles. The van der Waals surface area contributed by atoms with Crippen LogP contribution in [-0.4, -0.2) is 23.1 Å². The van der Waals surface area contributed by atoms with Gasteiger partial charge in [0.15, 0.2) is 5.82 Å². The van der Waals surface area contributed by atoms with Gasteiger partial charge in [-0.15, -0.1) is 0 Å². The summed E-state index contributed by atoms with van der Waals surface area (Å²) in [5, 5.41) is 3.36. The van der Waals surface area contributed by atoms with Gasteiger partial charge in [0.1, 0.15) is 0 Å². The number of nitrogens with one attached hydrogen (secondary N) is 1. The lowest BCUT2D eigenvalue weighted by Crippen LogP contribution is -2.15. The van der Waals surface area contributed by atoms with Gasteiger partial charge in [0.2, 0.25) is 0 Å². The molecule has 0 fully saturated rings. The summed E-state index contributed by atoms with van der Waals surface area (Å²) in [5.74, 6) is 0.837. The van der Waals surface area contributed by atoms with Crippen molar-refractivity contribution in [2.45, 2.75) is 40.5 Å². The van der Waals surface area contributed by atoms with Crippen molar-refractivity contribution >= 4 is 0 Å². The fraction of sp³-hybridized carbons (Fsp3) is 0.444. The zero-order valence-electron chi connectivity index (χ0n) is 13.5. The van der Waals surface area contributed by atoms with Crippen LogP contribution >= 0.6 is 0 Å². The summed E-state index contributed by atoms with van der Waals surface area (Å²) >= 11 is 0. The van der Waals surface area contributed by atoms with Crippen molar-refractivity contribution in [3.8, 4) is 11.4 Å². The molecule has 0 unspecified atom stereocenters. The first-order chi connectivity index (χ1) is 10.1. The molecule has 1 N–H and O–H groups in total. The Morgan fingerprint density at radius 2 is 1.76 bits per heavy atom. The van der Waals surface area contributed by atoms with E-state index in [2.05, 4.69) is 57.3 Å². The van der Waals surface area contributed by atoms with E-state index in [4.69, 9.17) is 9.97 Å². The first-order valence-electron chi connectivity index (χ1n) is 7.73. The average molecular weight is 283 g/mol. The third-order valence-electron chi connectivity index (χ3n) is 3.73. The van der Waals surface area contributed by atoms with E-state index in [0.29, 0.717) is 0 Å². The fourth-order valence-corrected chi connectivity index (χ4v) is 2.58. The van der Waals surface area contributed by atoms with Crippen molar-refractivity contribution in [3.63, 3.8) is 0 Å². The van der Waals surface area contributed by atoms with Gasteiger partial charge >= 0.3 is 0 Å². The maximum absolute atomic E-state index is 4.71. The molecule has 1 aromatic carbocycles. The minimum absolute atomic E-state index is 0.837. The summed E-state index contributed by atoms with van der Waals surface area (Å²) in [6.45, 7) is 10.5. The number of aryl methyl sites for hydroxylation is 3. The van der Waals surface area contributed by atoms with Crippen LogP contribution in [0.3, 0.4) is 0 Å². The number of rotatable bonds is 6. The number of benzene rings is 1. The average Bonchev–Trinajstić information content (AvgIpc) is 2.45. The van der Waals surface area contributed by atoms with Crippen LogP contribution in [0.25, 0.3) is 11.4 Å². The van der Waals surface area contributed by atoms with Crippen LogP contribution in [0.1, 0.15) is 35.9 Å². The molecule has 0 bridgehead atoms. The molecular weight excluding hydrogens is 258 g/mol. The zero-order valence-corrected chi connectivity index (χ0v) is 13.5. The van der Waals surface area contributed by atoms with E-state index in [1.54, 1.807) is 0 Å². The minimum Gasteiger partial charge on any atom is -0.317 e. The van der Waals surface area contributed by atoms with Crippen LogP contribution in [0.15, 0.2) is 24.3 Å². The lowest BCUT2D eigenvalue weighted by atomic mass is 10.1. The van der Waals surface area contributed by atoms with E-state index in [1.165, 1.54) is 11.1 Å². The van der Waals surface area contributed by atoms with Crippen molar-refractivity contribution in [2.24, 2.45) is 0 Å². The SMILES string of the molecule is CCNCCCc1c(C)nc(-c2cccc(C)c2)nc1C. The van der Waals surface area contributed by atoms with Crippen LogP contribution < -0.4 is 5.32 Å². The minimum atomic E-state index is 0.837. The molecule has 2 aromatic rings. The van der Waals surface area contributed by atoms with Crippen LogP contribution in [-0.2, 0) is 6.42 Å². The summed E-state index contributed by atoms with van der Waals surface area (Å²) in [5.41, 5.74) is 5.84. The van der Waals surface area contributed by atoms with Crippen LogP contribution in [0, 0.1) is 20.8 Å². The molecule has 21 heavy (non-hydrogen) atoms. The number of aromatic nitrogens is 2. The molecule has 0 aliphatic carbocycles. The second-order valence-corrected chi connectivity index (χ2v) is 5.52. The highest BCUT2D eigenvalue weighted by molar-refractivity contribution is 5.56. The van der Waals surface area contributed by atoms with E-state index in [9.17, 15) is 0 Å². The monoisotopic (exact) mass is 283 g/mol. The van der Waals surface area contributed by atoms with Crippen molar-refractivity contribution < 1.29 is 0 Å². The van der Waals surface area contributed by atoms with Gasteiger partial charge < -0.3 is 5.32 Å². The third kappa shape index (κ3) is 4.11. The van der Waals surface area contributed by atoms with E-state index in [1.807, 2.05) is 0 Å². The highest BCUT2D eigenvalue weighted by Crippen LogP contribution is 2.20. The van der Waals surface area contributed by atoms with Gasteiger partial charge in [-0.1, -0.05) is 30.7 Å². The zero-order chi connectivity index (χ0) is 15.2. The molecule has 0 atom stereocenters. The number of nitrogens with zero attached hydrogens (tertiary/aromatic N) is 2. The molecule has 0 radical (unpaired) electrons. The maximum Gasteiger partial charge on any atom is 0.159 e. The standard InChI is InChI=1S/C18H25N3/c1-5-19-11-7-10-17-14(3)20-18(21-15(17)4)16-9-6-8-13(2)12-16/h6,8-9,12,19H,5,7,10-11H2,1-4H3. The summed E-state index contributed by atoms with van der Waals surface area (Å²) < 4.78 is 0. The molecule has 3 nitrogen and oxygen atoms in total. The third-order valence-corrected chi connectivity index (χ3v) is 3.73. The van der Waals surface area contributed by atoms with Gasteiger partial charge in [-0.2, -0.15) is 0 Å². The fourth-order valence-electron chi connectivity index (χ4n) is 2.58. The van der Waals surface area contributed by atoms with Crippen molar-refractivity contribution in [2.75, 3.05) is 13.1 Å². The predicted octanol–water partition coefficient (Wildman–Crippen LogP) is 3.61. The van der Waals surface area contributed by atoms with E-state index in [0.717, 1.165) is 48.7 Å². The molecule has 0 aliphatic rings. The number of hydrogen-bond acceptors (Lipinski definition) is 3. The Balaban J connectivity index is 2.20. The Bertz CT molecular complexity index is 582. The predicted molar refractivity (Wildman–Crippen MR) is 88.5 cm³/mol. The first-order valence-corrected chi connectivity index (χ1v) is 7.73. The Hall–Kier alpha value is -1.74. The Kier molecular flexibility index (Phi) is 5.45. The highest BCUT2D eigenvalue weighted by Gasteiger charge is 2.09. The van der Waals surface area contributed by atoms with E-state index >= 15 is 0 Å². The van der Waals surface area contributed by atoms with Gasteiger partial charge in [0.25, 0.3) is 0 Å². The van der Waals surface area contributed by atoms with Crippen LogP contribution in [0.2, 0.25) is 0 Å². The van der Waals surface area contributed by atoms with Gasteiger partial charge in [-0.3, -0.25) is 0 Å². The smallest absolute Gasteiger partial charge is 0.159 e. The van der Waals surface area contributed by atoms with Crippen molar-refractivity contribution in [1.82, 2.24) is 15.3 Å². The Morgan fingerprint density at radius 1 is 1.05 bits per heavy atom. The molecule has 0 saturated carbocycles. The molecule has 0 spiro atoms. The molecule has 2 rings (SSSR count). The molecular formula is C18H25N3. The second-order valence-electron chi connectivity index (χ2n) is 5.52. The summed E-state index contributed by atoms with van der Waals surface area (Å²) in [6.07, 6.45) is 2.17. The maximum atomic E-state index is 4.71. The van der Waals surface area contributed by atoms with E-state index < -0.39 is 0 Å². The second kappa shape index (κ2) is 7.32. The highest BCUT2D eigenvalue weighted by atomic mass is 14.9.